The lowest BCUT2D eigenvalue weighted by molar-refractivity contribution is -0.129. The fourth-order valence-electron chi connectivity index (χ4n) is 3.25. The molecule has 25 heavy (non-hydrogen) atoms. The number of aromatic amines is 2. The summed E-state index contributed by atoms with van der Waals surface area (Å²) in [4.78, 5) is 30.5. The van der Waals surface area contributed by atoms with Crippen molar-refractivity contribution in [2.45, 2.75) is 6.92 Å². The minimum Gasteiger partial charge on any atom is -0.355 e. The number of carbonyl (C=O) groups is 1. The maximum absolute atomic E-state index is 12.1. The molecule has 1 aromatic carbocycles. The Balaban J connectivity index is 1.65. The summed E-state index contributed by atoms with van der Waals surface area (Å²) in [5.74, 6) is 0.883. The van der Waals surface area contributed by atoms with Crippen molar-refractivity contribution >= 4 is 22.6 Å². The van der Waals surface area contributed by atoms with Crippen LogP contribution in [0, 0.1) is 0 Å². The van der Waals surface area contributed by atoms with Gasteiger partial charge in [0.2, 0.25) is 11.5 Å². The van der Waals surface area contributed by atoms with Crippen LogP contribution in [0.5, 0.6) is 0 Å². The smallest absolute Gasteiger partial charge is 0.250 e. The van der Waals surface area contributed by atoms with E-state index in [0.717, 1.165) is 27.8 Å². The SMILES string of the molecule is CC(=O)N1CCN(c2cc(-c3ccc4[nH]ncc4c3)cc(=O)[nH]2)CC1. The Hall–Kier alpha value is -3.09. The summed E-state index contributed by atoms with van der Waals surface area (Å²) >= 11 is 0. The number of aromatic nitrogens is 3. The minimum absolute atomic E-state index is 0.0929. The van der Waals surface area contributed by atoms with Gasteiger partial charge in [0.25, 0.3) is 0 Å². The number of amides is 1. The van der Waals surface area contributed by atoms with E-state index in [9.17, 15) is 9.59 Å². The van der Waals surface area contributed by atoms with Gasteiger partial charge < -0.3 is 14.8 Å². The molecule has 1 saturated heterocycles. The average Bonchev–Trinajstić information content (AvgIpc) is 3.09. The van der Waals surface area contributed by atoms with Crippen LogP contribution in [0.15, 0.2) is 41.3 Å². The molecule has 1 fully saturated rings. The molecule has 0 spiro atoms. The first-order chi connectivity index (χ1) is 12.1. The molecular weight excluding hydrogens is 318 g/mol. The van der Waals surface area contributed by atoms with Crippen LogP contribution in [-0.2, 0) is 4.79 Å². The number of hydrogen-bond acceptors (Lipinski definition) is 4. The molecular formula is C18H19N5O2. The predicted octanol–water partition coefficient (Wildman–Crippen LogP) is 1.59. The Morgan fingerprint density at radius 2 is 1.88 bits per heavy atom. The highest BCUT2D eigenvalue weighted by atomic mass is 16.2. The van der Waals surface area contributed by atoms with E-state index < -0.39 is 0 Å². The summed E-state index contributed by atoms with van der Waals surface area (Å²) < 4.78 is 0. The third-order valence-electron chi connectivity index (χ3n) is 4.67. The molecule has 128 valence electrons. The highest BCUT2D eigenvalue weighted by molar-refractivity contribution is 5.84. The molecule has 7 nitrogen and oxygen atoms in total. The Morgan fingerprint density at radius 1 is 1.08 bits per heavy atom. The number of nitrogens with zero attached hydrogens (tertiary/aromatic N) is 3. The molecule has 0 radical (unpaired) electrons. The molecule has 0 atom stereocenters. The van der Waals surface area contributed by atoms with E-state index in [0.29, 0.717) is 26.2 Å². The number of nitrogens with one attached hydrogen (secondary N) is 2. The minimum atomic E-state index is -0.131. The first-order valence-electron chi connectivity index (χ1n) is 8.28. The van der Waals surface area contributed by atoms with E-state index in [4.69, 9.17) is 0 Å². The number of piperazine rings is 1. The number of anilines is 1. The van der Waals surface area contributed by atoms with Gasteiger partial charge in [-0.2, -0.15) is 5.10 Å². The number of H-pyrrole nitrogens is 2. The van der Waals surface area contributed by atoms with Crippen LogP contribution >= 0.6 is 0 Å². The third-order valence-corrected chi connectivity index (χ3v) is 4.67. The van der Waals surface area contributed by atoms with Crippen LogP contribution in [0.3, 0.4) is 0 Å². The van der Waals surface area contributed by atoms with Crippen molar-refractivity contribution in [3.8, 4) is 11.1 Å². The van der Waals surface area contributed by atoms with Crippen molar-refractivity contribution in [2.75, 3.05) is 31.1 Å². The van der Waals surface area contributed by atoms with Crippen molar-refractivity contribution in [1.82, 2.24) is 20.1 Å². The second kappa shape index (κ2) is 6.08. The molecule has 4 rings (SSSR count). The molecule has 0 unspecified atom stereocenters. The van der Waals surface area contributed by atoms with E-state index in [1.165, 1.54) is 0 Å². The molecule has 3 heterocycles. The highest BCUT2D eigenvalue weighted by Gasteiger charge is 2.19. The second-order valence-corrected chi connectivity index (χ2v) is 6.28. The monoisotopic (exact) mass is 337 g/mol. The number of fused-ring (bicyclic) bond motifs is 1. The molecule has 1 aliphatic rings. The molecule has 7 heteroatoms. The normalized spacial score (nSPS) is 14.9. The molecule has 1 amide bonds. The average molecular weight is 337 g/mol. The Kier molecular flexibility index (Phi) is 3.76. The van der Waals surface area contributed by atoms with Gasteiger partial charge in [0.1, 0.15) is 5.82 Å². The zero-order valence-corrected chi connectivity index (χ0v) is 14.0. The number of pyridine rings is 1. The largest absolute Gasteiger partial charge is 0.355 e. The van der Waals surface area contributed by atoms with E-state index in [1.807, 2.05) is 29.2 Å². The van der Waals surface area contributed by atoms with Crippen LogP contribution in [0.2, 0.25) is 0 Å². The summed E-state index contributed by atoms with van der Waals surface area (Å²) in [6, 6.07) is 9.56. The zero-order chi connectivity index (χ0) is 17.4. The molecule has 0 saturated carbocycles. The summed E-state index contributed by atoms with van der Waals surface area (Å²) in [5, 5.41) is 7.97. The van der Waals surface area contributed by atoms with E-state index >= 15 is 0 Å². The van der Waals surface area contributed by atoms with Crippen molar-refractivity contribution in [3.05, 3.63) is 46.9 Å². The van der Waals surface area contributed by atoms with Crippen molar-refractivity contribution < 1.29 is 4.79 Å². The van der Waals surface area contributed by atoms with Crippen LogP contribution in [0.25, 0.3) is 22.0 Å². The Bertz CT molecular complexity index is 982. The van der Waals surface area contributed by atoms with Gasteiger partial charge in [-0.15, -0.1) is 0 Å². The first-order valence-corrected chi connectivity index (χ1v) is 8.28. The van der Waals surface area contributed by atoms with Gasteiger partial charge in [-0.25, -0.2) is 0 Å². The second-order valence-electron chi connectivity index (χ2n) is 6.28. The maximum atomic E-state index is 12.1. The maximum Gasteiger partial charge on any atom is 0.250 e. The summed E-state index contributed by atoms with van der Waals surface area (Å²) in [7, 11) is 0. The fourth-order valence-corrected chi connectivity index (χ4v) is 3.25. The van der Waals surface area contributed by atoms with Crippen molar-refractivity contribution in [1.29, 1.82) is 0 Å². The van der Waals surface area contributed by atoms with Crippen LogP contribution < -0.4 is 10.5 Å². The van der Waals surface area contributed by atoms with E-state index in [1.54, 1.807) is 19.2 Å². The number of hydrogen-bond donors (Lipinski definition) is 2. The van der Waals surface area contributed by atoms with Crippen molar-refractivity contribution in [2.24, 2.45) is 0 Å². The zero-order valence-electron chi connectivity index (χ0n) is 14.0. The van der Waals surface area contributed by atoms with E-state index in [2.05, 4.69) is 20.1 Å². The van der Waals surface area contributed by atoms with Gasteiger partial charge in [0, 0.05) is 44.6 Å². The summed E-state index contributed by atoms with van der Waals surface area (Å²) in [5.41, 5.74) is 2.68. The van der Waals surface area contributed by atoms with Crippen LogP contribution in [-0.4, -0.2) is 52.2 Å². The molecule has 0 aliphatic carbocycles. The number of rotatable bonds is 2. The van der Waals surface area contributed by atoms with Gasteiger partial charge in [-0.1, -0.05) is 6.07 Å². The summed E-state index contributed by atoms with van der Waals surface area (Å²) in [6.45, 7) is 4.34. The summed E-state index contributed by atoms with van der Waals surface area (Å²) in [6.07, 6.45) is 1.77. The Labute approximate surface area is 144 Å². The van der Waals surface area contributed by atoms with Crippen LogP contribution in [0.4, 0.5) is 5.82 Å². The standard InChI is InChI=1S/C18H19N5O2/c1-12(24)22-4-6-23(7-5-22)17-9-14(10-18(25)20-17)13-2-3-16-15(8-13)11-19-21-16/h2-3,8-11H,4-7H2,1H3,(H,19,21)(H,20,25). The molecule has 2 aromatic heterocycles. The molecule has 3 aromatic rings. The van der Waals surface area contributed by atoms with Crippen molar-refractivity contribution in [3.63, 3.8) is 0 Å². The molecule has 1 aliphatic heterocycles. The van der Waals surface area contributed by atoms with Gasteiger partial charge in [-0.3, -0.25) is 14.7 Å². The lowest BCUT2D eigenvalue weighted by atomic mass is 10.0. The number of carbonyl (C=O) groups excluding carboxylic acids is 1. The van der Waals surface area contributed by atoms with Gasteiger partial charge in [0.15, 0.2) is 0 Å². The topological polar surface area (TPSA) is 85.1 Å². The van der Waals surface area contributed by atoms with Crippen LogP contribution in [0.1, 0.15) is 6.92 Å². The molecule has 2 N–H and O–H groups in total. The lowest BCUT2D eigenvalue weighted by Crippen LogP contribution is -2.48. The highest BCUT2D eigenvalue weighted by Crippen LogP contribution is 2.25. The van der Waals surface area contributed by atoms with Gasteiger partial charge in [-0.05, 0) is 29.3 Å². The quantitative estimate of drug-likeness (QED) is 0.744. The van der Waals surface area contributed by atoms with E-state index in [-0.39, 0.29) is 11.5 Å². The lowest BCUT2D eigenvalue weighted by Gasteiger charge is -2.35. The number of benzene rings is 1. The fraction of sp³-hybridized carbons (Fsp3) is 0.278. The molecule has 0 bridgehead atoms. The van der Waals surface area contributed by atoms with Gasteiger partial charge in [0.05, 0.1) is 11.7 Å². The van der Waals surface area contributed by atoms with Gasteiger partial charge >= 0.3 is 0 Å². The third kappa shape index (κ3) is 3.00. The first kappa shape index (κ1) is 15.4. The predicted molar refractivity (Wildman–Crippen MR) is 96.6 cm³/mol. The Morgan fingerprint density at radius 3 is 2.64 bits per heavy atom.